The number of nitrogens with zero attached hydrogens (tertiary/aromatic N) is 2. The fourth-order valence-corrected chi connectivity index (χ4v) is 5.97. The highest BCUT2D eigenvalue weighted by molar-refractivity contribution is 7.89. The molecule has 0 saturated carbocycles. The molecule has 0 amide bonds. The van der Waals surface area contributed by atoms with Gasteiger partial charge in [-0.1, -0.05) is 63.2 Å². The van der Waals surface area contributed by atoms with Crippen LogP contribution in [0, 0.1) is 0 Å². The van der Waals surface area contributed by atoms with Crippen molar-refractivity contribution in [2.75, 3.05) is 6.61 Å². The molecule has 0 spiro atoms. The summed E-state index contributed by atoms with van der Waals surface area (Å²) in [4.78, 5) is 13.2. The van der Waals surface area contributed by atoms with Gasteiger partial charge in [-0.15, -0.1) is 0 Å². The van der Waals surface area contributed by atoms with Crippen molar-refractivity contribution in [2.24, 2.45) is 0 Å². The van der Waals surface area contributed by atoms with E-state index in [9.17, 15) is 13.2 Å². The minimum Gasteiger partial charge on any atom is -0.462 e. The summed E-state index contributed by atoms with van der Waals surface area (Å²) in [5, 5.41) is 4.77. The molecule has 0 aliphatic heterocycles. The van der Waals surface area contributed by atoms with Crippen molar-refractivity contribution in [3.63, 3.8) is 0 Å². The number of rotatable bonds is 10. The van der Waals surface area contributed by atoms with Crippen LogP contribution in [0.3, 0.4) is 0 Å². The largest absolute Gasteiger partial charge is 0.462 e. The smallest absolute Gasteiger partial charge is 0.341 e. The third kappa shape index (κ3) is 6.87. The van der Waals surface area contributed by atoms with E-state index in [0.29, 0.717) is 30.7 Å². The fraction of sp³-hybridized carbons (Fsp3) is 0.448. The summed E-state index contributed by atoms with van der Waals surface area (Å²) in [5.74, 6) is -0.260. The van der Waals surface area contributed by atoms with Crippen LogP contribution < -0.4 is 4.72 Å². The number of carbonyl (C=O) groups is 1. The molecule has 1 N–H and O–H groups in total. The number of esters is 1. The number of sulfonamides is 1. The number of aromatic nitrogens is 2. The molecule has 0 radical (unpaired) electrons. The van der Waals surface area contributed by atoms with Gasteiger partial charge < -0.3 is 4.74 Å². The van der Waals surface area contributed by atoms with Gasteiger partial charge in [0.05, 0.1) is 22.9 Å². The number of hydrogen-bond donors (Lipinski definition) is 1. The van der Waals surface area contributed by atoms with Crippen molar-refractivity contribution in [2.45, 2.75) is 84.2 Å². The van der Waals surface area contributed by atoms with Crippen molar-refractivity contribution in [1.82, 2.24) is 14.5 Å². The van der Waals surface area contributed by atoms with Crippen LogP contribution in [0.4, 0.5) is 0 Å². The summed E-state index contributed by atoms with van der Waals surface area (Å²) in [6.45, 7) is 14.4. The lowest BCUT2D eigenvalue weighted by Gasteiger charge is -2.21. The molecule has 8 heteroatoms. The number of benzene rings is 2. The number of hydrogen-bond acceptors (Lipinski definition) is 5. The number of nitrogens with one attached hydrogen (secondary N) is 1. The molecule has 3 rings (SSSR count). The fourth-order valence-electron chi connectivity index (χ4n) is 4.32. The van der Waals surface area contributed by atoms with Crippen LogP contribution >= 0.6 is 0 Å². The Kier molecular flexibility index (Phi) is 8.97. The third-order valence-electron chi connectivity index (χ3n) is 5.80. The summed E-state index contributed by atoms with van der Waals surface area (Å²) in [6.07, 6.45) is 1.40. The monoisotopic (exact) mass is 525 g/mol. The SMILES string of the molecule is CCCn1nc(C(C)C)c(C(=O)OCC)c1Cc1ccc(-c2ccccc2S(=O)(=O)NC(C)(C)C)cc1. The molecule has 37 heavy (non-hydrogen) atoms. The molecule has 1 heterocycles. The first-order valence-electron chi connectivity index (χ1n) is 12.9. The van der Waals surface area contributed by atoms with Gasteiger partial charge in [0.25, 0.3) is 0 Å². The average Bonchev–Trinajstić information content (AvgIpc) is 3.17. The van der Waals surface area contributed by atoms with Crippen molar-refractivity contribution in [1.29, 1.82) is 0 Å². The predicted molar refractivity (Wildman–Crippen MR) is 147 cm³/mol. The highest BCUT2D eigenvalue weighted by atomic mass is 32.2. The van der Waals surface area contributed by atoms with Crippen LogP contribution in [0.2, 0.25) is 0 Å². The summed E-state index contributed by atoms with van der Waals surface area (Å²) in [7, 11) is -3.71. The first-order valence-corrected chi connectivity index (χ1v) is 14.3. The van der Waals surface area contributed by atoms with Gasteiger partial charge in [0.15, 0.2) is 0 Å². The van der Waals surface area contributed by atoms with E-state index < -0.39 is 15.6 Å². The molecule has 0 saturated heterocycles. The summed E-state index contributed by atoms with van der Waals surface area (Å²) < 4.78 is 36.3. The maximum absolute atomic E-state index is 13.1. The predicted octanol–water partition coefficient (Wildman–Crippen LogP) is 5.93. The zero-order chi connectivity index (χ0) is 27.4. The van der Waals surface area contributed by atoms with Crippen molar-refractivity contribution < 1.29 is 17.9 Å². The Morgan fingerprint density at radius 2 is 1.70 bits per heavy atom. The van der Waals surface area contributed by atoms with E-state index in [2.05, 4.69) is 11.6 Å². The van der Waals surface area contributed by atoms with Gasteiger partial charge in [0, 0.05) is 24.1 Å². The molecule has 1 aromatic heterocycles. The molecule has 2 aromatic carbocycles. The highest BCUT2D eigenvalue weighted by Crippen LogP contribution is 2.30. The zero-order valence-corrected chi connectivity index (χ0v) is 23.8. The lowest BCUT2D eigenvalue weighted by molar-refractivity contribution is 0.0523. The first-order chi connectivity index (χ1) is 17.4. The molecule has 7 nitrogen and oxygen atoms in total. The number of ether oxygens (including phenoxy) is 1. The molecule has 3 aromatic rings. The van der Waals surface area contributed by atoms with E-state index in [1.807, 2.05) is 75.7 Å². The lowest BCUT2D eigenvalue weighted by atomic mass is 9.98. The Morgan fingerprint density at radius 3 is 2.27 bits per heavy atom. The maximum Gasteiger partial charge on any atom is 0.341 e. The van der Waals surface area contributed by atoms with Gasteiger partial charge in [0.2, 0.25) is 10.0 Å². The molecule has 0 aliphatic rings. The van der Waals surface area contributed by atoms with Crippen LogP contribution in [-0.4, -0.2) is 36.3 Å². The van der Waals surface area contributed by atoms with Gasteiger partial charge in [-0.2, -0.15) is 5.10 Å². The Balaban J connectivity index is 2.00. The van der Waals surface area contributed by atoms with Crippen molar-refractivity contribution in [3.05, 3.63) is 71.0 Å². The molecule has 0 atom stereocenters. The zero-order valence-electron chi connectivity index (χ0n) is 23.0. The first kappa shape index (κ1) is 28.6. The second-order valence-corrected chi connectivity index (χ2v) is 12.2. The number of aryl methyl sites for hydroxylation is 1. The van der Waals surface area contributed by atoms with Crippen LogP contribution in [0.25, 0.3) is 11.1 Å². The minimum absolute atomic E-state index is 0.0822. The Bertz CT molecular complexity index is 1330. The van der Waals surface area contributed by atoms with E-state index in [0.717, 1.165) is 28.9 Å². The molecular formula is C29H39N3O4S. The van der Waals surface area contributed by atoms with Gasteiger partial charge >= 0.3 is 5.97 Å². The quantitative estimate of drug-likeness (QED) is 0.332. The van der Waals surface area contributed by atoms with Crippen LogP contribution in [0.1, 0.15) is 88.1 Å². The van der Waals surface area contributed by atoms with Gasteiger partial charge in [-0.05, 0) is 57.2 Å². The Morgan fingerprint density at radius 1 is 1.05 bits per heavy atom. The van der Waals surface area contributed by atoms with E-state index in [1.165, 1.54) is 0 Å². The maximum atomic E-state index is 13.1. The van der Waals surface area contributed by atoms with E-state index in [1.54, 1.807) is 19.1 Å². The molecule has 0 fully saturated rings. The molecular weight excluding hydrogens is 486 g/mol. The number of carbonyl (C=O) groups excluding carboxylic acids is 1. The van der Waals surface area contributed by atoms with Gasteiger partial charge in [-0.25, -0.2) is 17.9 Å². The average molecular weight is 526 g/mol. The topological polar surface area (TPSA) is 90.3 Å². The molecule has 0 aliphatic carbocycles. The Labute approximate surface area is 221 Å². The van der Waals surface area contributed by atoms with Crippen LogP contribution in [-0.2, 0) is 27.7 Å². The van der Waals surface area contributed by atoms with Gasteiger partial charge in [-0.3, -0.25) is 4.68 Å². The molecule has 0 bridgehead atoms. The molecule has 200 valence electrons. The minimum atomic E-state index is -3.71. The third-order valence-corrected chi connectivity index (χ3v) is 7.62. The highest BCUT2D eigenvalue weighted by Gasteiger charge is 2.27. The van der Waals surface area contributed by atoms with Crippen LogP contribution in [0.5, 0.6) is 0 Å². The van der Waals surface area contributed by atoms with Crippen molar-refractivity contribution in [3.8, 4) is 11.1 Å². The molecule has 0 unspecified atom stereocenters. The van der Waals surface area contributed by atoms with Crippen molar-refractivity contribution >= 4 is 16.0 Å². The van der Waals surface area contributed by atoms with Gasteiger partial charge in [0.1, 0.15) is 5.56 Å². The van der Waals surface area contributed by atoms with E-state index in [4.69, 9.17) is 9.84 Å². The Hall–Kier alpha value is -2.97. The second-order valence-electron chi connectivity index (χ2n) is 10.5. The van der Waals surface area contributed by atoms with E-state index in [-0.39, 0.29) is 16.8 Å². The van der Waals surface area contributed by atoms with E-state index >= 15 is 0 Å². The standard InChI is InChI=1S/C29H39N3O4S/c1-8-18-32-24(26(28(33)36-9-2)27(30-32)20(3)4)19-21-14-16-22(17-15-21)23-12-10-11-13-25(23)37(34,35)31-29(5,6)7/h10-17,20,31H,8-9,18-19H2,1-7H3. The summed E-state index contributed by atoms with van der Waals surface area (Å²) >= 11 is 0. The normalized spacial score (nSPS) is 12.2. The van der Waals surface area contributed by atoms with Crippen LogP contribution in [0.15, 0.2) is 53.4 Å². The summed E-state index contributed by atoms with van der Waals surface area (Å²) in [5.41, 5.74) is 3.99. The second kappa shape index (κ2) is 11.6. The summed E-state index contributed by atoms with van der Waals surface area (Å²) in [6, 6.07) is 14.8. The lowest BCUT2D eigenvalue weighted by Crippen LogP contribution is -2.40.